The number of nitrogens with one attached hydrogen (secondary N) is 1. The van der Waals surface area contributed by atoms with Crippen LogP contribution in [0.25, 0.3) is 6.08 Å². The summed E-state index contributed by atoms with van der Waals surface area (Å²) in [4.78, 5) is 0. The summed E-state index contributed by atoms with van der Waals surface area (Å²) in [6.45, 7) is 6.66. The van der Waals surface area contributed by atoms with E-state index >= 15 is 0 Å². The van der Waals surface area contributed by atoms with E-state index in [1.807, 2.05) is 7.05 Å². The van der Waals surface area contributed by atoms with Crippen molar-refractivity contribution in [3.05, 3.63) is 40.5 Å². The molecule has 0 radical (unpaired) electrons. The van der Waals surface area contributed by atoms with E-state index in [2.05, 4.69) is 50.4 Å². The van der Waals surface area contributed by atoms with E-state index in [-0.39, 0.29) is 5.54 Å². The molecule has 0 spiro atoms. The van der Waals surface area contributed by atoms with Crippen LogP contribution >= 0.6 is 0 Å². The van der Waals surface area contributed by atoms with Gasteiger partial charge in [0, 0.05) is 5.54 Å². The van der Waals surface area contributed by atoms with Crippen LogP contribution in [0.5, 0.6) is 0 Å². The lowest BCUT2D eigenvalue weighted by Gasteiger charge is -2.31. The third kappa shape index (κ3) is 2.05. The van der Waals surface area contributed by atoms with Gasteiger partial charge >= 0.3 is 0 Å². The highest BCUT2D eigenvalue weighted by molar-refractivity contribution is 5.62. The minimum atomic E-state index is 0.114. The Bertz CT molecular complexity index is 427. The standard InChI is InChI=1S/C15H21N/c1-11-5-6-13-10-14(15(2,3)16-4)8-7-12(13)9-11/h5-6,9-10,16H,7-8H2,1-4H3. The maximum atomic E-state index is 3.38. The lowest BCUT2D eigenvalue weighted by atomic mass is 9.82. The van der Waals surface area contributed by atoms with Crippen molar-refractivity contribution in [3.8, 4) is 0 Å². The molecular formula is C15H21N. The van der Waals surface area contributed by atoms with E-state index < -0.39 is 0 Å². The number of likely N-dealkylation sites (N-methyl/N-ethyl adjacent to an activating group) is 1. The zero-order chi connectivity index (χ0) is 11.8. The largest absolute Gasteiger partial charge is 0.311 e. The number of rotatable bonds is 2. The van der Waals surface area contributed by atoms with Crippen LogP contribution in [0.2, 0.25) is 0 Å². The zero-order valence-electron chi connectivity index (χ0n) is 10.7. The van der Waals surface area contributed by atoms with Gasteiger partial charge in [-0.3, -0.25) is 0 Å². The van der Waals surface area contributed by atoms with Crippen molar-refractivity contribution in [1.29, 1.82) is 0 Å². The summed E-state index contributed by atoms with van der Waals surface area (Å²) in [5, 5.41) is 3.38. The Kier molecular flexibility index (Phi) is 2.90. The molecule has 0 fully saturated rings. The number of aryl methyl sites for hydroxylation is 2. The maximum absolute atomic E-state index is 3.38. The molecule has 0 saturated heterocycles. The molecule has 1 aliphatic rings. The van der Waals surface area contributed by atoms with Gasteiger partial charge in [0.1, 0.15) is 0 Å². The molecule has 86 valence electrons. The van der Waals surface area contributed by atoms with Crippen LogP contribution in [-0.2, 0) is 6.42 Å². The SMILES string of the molecule is CNC(C)(C)C1=Cc2ccc(C)cc2CC1. The van der Waals surface area contributed by atoms with Gasteiger partial charge in [-0.05, 0) is 57.4 Å². The minimum Gasteiger partial charge on any atom is -0.311 e. The van der Waals surface area contributed by atoms with Crippen molar-refractivity contribution in [2.45, 2.75) is 39.2 Å². The molecule has 0 heterocycles. The van der Waals surface area contributed by atoms with E-state index in [9.17, 15) is 0 Å². The number of hydrogen-bond acceptors (Lipinski definition) is 1. The molecule has 16 heavy (non-hydrogen) atoms. The third-order valence-corrected chi connectivity index (χ3v) is 3.72. The average molecular weight is 215 g/mol. The van der Waals surface area contributed by atoms with Gasteiger partial charge in [-0.2, -0.15) is 0 Å². The van der Waals surface area contributed by atoms with E-state index in [1.165, 1.54) is 35.1 Å². The second kappa shape index (κ2) is 4.06. The lowest BCUT2D eigenvalue weighted by Crippen LogP contribution is -2.38. The second-order valence-corrected chi connectivity index (χ2v) is 5.25. The van der Waals surface area contributed by atoms with Gasteiger partial charge < -0.3 is 5.32 Å². The minimum absolute atomic E-state index is 0.114. The molecule has 0 atom stereocenters. The Morgan fingerprint density at radius 3 is 2.62 bits per heavy atom. The van der Waals surface area contributed by atoms with Crippen LogP contribution in [0.1, 0.15) is 37.0 Å². The van der Waals surface area contributed by atoms with Crippen molar-refractivity contribution < 1.29 is 0 Å². The Labute approximate surface area is 98.6 Å². The predicted molar refractivity (Wildman–Crippen MR) is 70.6 cm³/mol. The summed E-state index contributed by atoms with van der Waals surface area (Å²) < 4.78 is 0. The molecular weight excluding hydrogens is 194 g/mol. The zero-order valence-corrected chi connectivity index (χ0v) is 10.7. The van der Waals surface area contributed by atoms with E-state index in [0.29, 0.717) is 0 Å². The summed E-state index contributed by atoms with van der Waals surface area (Å²) in [5.41, 5.74) is 5.88. The van der Waals surface area contributed by atoms with Crippen molar-refractivity contribution in [2.75, 3.05) is 7.05 Å². The van der Waals surface area contributed by atoms with Crippen molar-refractivity contribution in [3.63, 3.8) is 0 Å². The van der Waals surface area contributed by atoms with Crippen molar-refractivity contribution >= 4 is 6.08 Å². The van der Waals surface area contributed by atoms with E-state index in [4.69, 9.17) is 0 Å². The van der Waals surface area contributed by atoms with Crippen molar-refractivity contribution in [2.24, 2.45) is 0 Å². The smallest absolute Gasteiger partial charge is 0.0337 e. The van der Waals surface area contributed by atoms with Gasteiger partial charge in [0.15, 0.2) is 0 Å². The average Bonchev–Trinajstić information content (AvgIpc) is 2.28. The summed E-state index contributed by atoms with van der Waals surface area (Å²) in [7, 11) is 2.03. The molecule has 1 aromatic rings. The quantitative estimate of drug-likeness (QED) is 0.798. The molecule has 1 aliphatic carbocycles. The lowest BCUT2D eigenvalue weighted by molar-refractivity contribution is 0.481. The molecule has 0 aliphatic heterocycles. The van der Waals surface area contributed by atoms with Crippen LogP contribution < -0.4 is 5.32 Å². The molecule has 0 bridgehead atoms. The van der Waals surface area contributed by atoms with Crippen LogP contribution in [0.15, 0.2) is 23.8 Å². The number of benzene rings is 1. The number of hydrogen-bond donors (Lipinski definition) is 1. The van der Waals surface area contributed by atoms with Gasteiger partial charge in [-0.15, -0.1) is 0 Å². The van der Waals surface area contributed by atoms with Gasteiger partial charge in [0.05, 0.1) is 0 Å². The van der Waals surface area contributed by atoms with E-state index in [1.54, 1.807) is 0 Å². The first-order valence-corrected chi connectivity index (χ1v) is 6.02. The second-order valence-electron chi connectivity index (χ2n) is 5.25. The fraction of sp³-hybridized carbons (Fsp3) is 0.467. The molecule has 1 nitrogen and oxygen atoms in total. The highest BCUT2D eigenvalue weighted by atomic mass is 14.9. The summed E-state index contributed by atoms with van der Waals surface area (Å²) in [5.74, 6) is 0. The molecule has 1 N–H and O–H groups in total. The molecule has 1 aromatic carbocycles. The van der Waals surface area contributed by atoms with Crippen LogP contribution in [0.3, 0.4) is 0 Å². The third-order valence-electron chi connectivity index (χ3n) is 3.72. The monoisotopic (exact) mass is 215 g/mol. The Morgan fingerprint density at radius 2 is 1.94 bits per heavy atom. The summed E-state index contributed by atoms with van der Waals surface area (Å²) >= 11 is 0. The first-order chi connectivity index (χ1) is 7.53. The van der Waals surface area contributed by atoms with Crippen LogP contribution in [-0.4, -0.2) is 12.6 Å². The van der Waals surface area contributed by atoms with Gasteiger partial charge in [-0.1, -0.05) is 29.8 Å². The van der Waals surface area contributed by atoms with Gasteiger partial charge in [-0.25, -0.2) is 0 Å². The maximum Gasteiger partial charge on any atom is 0.0337 e. The highest BCUT2D eigenvalue weighted by Crippen LogP contribution is 2.30. The van der Waals surface area contributed by atoms with Gasteiger partial charge in [0.2, 0.25) is 0 Å². The Balaban J connectivity index is 2.39. The van der Waals surface area contributed by atoms with Crippen LogP contribution in [0, 0.1) is 6.92 Å². The molecule has 1 heteroatoms. The van der Waals surface area contributed by atoms with Crippen LogP contribution in [0.4, 0.5) is 0 Å². The molecule has 0 amide bonds. The summed E-state index contributed by atoms with van der Waals surface area (Å²) in [6.07, 6.45) is 4.70. The number of fused-ring (bicyclic) bond motifs is 1. The highest BCUT2D eigenvalue weighted by Gasteiger charge is 2.23. The predicted octanol–water partition coefficient (Wildman–Crippen LogP) is 3.32. The summed E-state index contributed by atoms with van der Waals surface area (Å²) in [6, 6.07) is 6.76. The molecule has 0 saturated carbocycles. The van der Waals surface area contributed by atoms with Crippen molar-refractivity contribution in [1.82, 2.24) is 5.32 Å². The molecule has 2 rings (SSSR count). The Hall–Kier alpha value is -1.08. The first kappa shape index (κ1) is 11.4. The fourth-order valence-electron chi connectivity index (χ4n) is 2.27. The Morgan fingerprint density at radius 1 is 1.19 bits per heavy atom. The fourth-order valence-corrected chi connectivity index (χ4v) is 2.27. The normalized spacial score (nSPS) is 15.6. The molecule has 0 unspecified atom stereocenters. The van der Waals surface area contributed by atoms with E-state index in [0.717, 1.165) is 0 Å². The molecule has 0 aromatic heterocycles. The van der Waals surface area contributed by atoms with Gasteiger partial charge in [0.25, 0.3) is 0 Å². The topological polar surface area (TPSA) is 12.0 Å². The first-order valence-electron chi connectivity index (χ1n) is 6.02.